The van der Waals surface area contributed by atoms with E-state index in [1.807, 2.05) is 12.1 Å². The Labute approximate surface area is 230 Å². The fourth-order valence-corrected chi connectivity index (χ4v) is 6.08. The summed E-state index contributed by atoms with van der Waals surface area (Å²) in [5.41, 5.74) is 2.02. The summed E-state index contributed by atoms with van der Waals surface area (Å²) in [6.07, 6.45) is 4.12. The molecule has 37 heavy (non-hydrogen) atoms. The molecule has 3 aliphatic heterocycles. The van der Waals surface area contributed by atoms with E-state index in [1.54, 1.807) is 21.3 Å². The average molecular weight is 567 g/mol. The number of hydrogen-bond donors (Lipinski definition) is 2. The highest BCUT2D eigenvalue weighted by Gasteiger charge is 2.27. The second-order valence-corrected chi connectivity index (χ2v) is 10.4. The van der Waals surface area contributed by atoms with Gasteiger partial charge in [-0.05, 0) is 50.6 Å². The van der Waals surface area contributed by atoms with Gasteiger partial charge in [-0.25, -0.2) is 9.97 Å². The predicted molar refractivity (Wildman–Crippen MR) is 148 cm³/mol. The topological polar surface area (TPSA) is 114 Å². The van der Waals surface area contributed by atoms with E-state index < -0.39 is 0 Å². The zero-order valence-corrected chi connectivity index (χ0v) is 22.5. The van der Waals surface area contributed by atoms with Crippen LogP contribution in [-0.2, 0) is 17.9 Å². The minimum absolute atomic E-state index is 0. The molecule has 0 radical (unpaired) electrons. The summed E-state index contributed by atoms with van der Waals surface area (Å²) in [6, 6.07) is 7.73. The van der Waals surface area contributed by atoms with Gasteiger partial charge in [0, 0.05) is 31.7 Å². The van der Waals surface area contributed by atoms with Gasteiger partial charge in [-0.3, -0.25) is 23.5 Å². The Kier molecular flexibility index (Phi) is 8.59. The molecule has 3 aromatic rings. The molecular weight excluding hydrogens is 537 g/mol. The van der Waals surface area contributed by atoms with Crippen LogP contribution < -0.4 is 21.8 Å². The number of anilines is 1. The van der Waals surface area contributed by atoms with Crippen molar-refractivity contribution in [2.45, 2.75) is 49.3 Å². The Hall–Kier alpha value is -2.44. The molecule has 6 heterocycles. The Morgan fingerprint density at radius 3 is 2.62 bits per heavy atom. The number of carbonyl (C=O) groups is 1. The number of rotatable bonds is 5. The number of halogens is 2. The van der Waals surface area contributed by atoms with Gasteiger partial charge in [-0.2, -0.15) is 0 Å². The largest absolute Gasteiger partial charge is 0.309 e. The lowest BCUT2D eigenvalue weighted by Crippen LogP contribution is -2.46. The number of piperidine rings is 1. The highest BCUT2D eigenvalue weighted by Crippen LogP contribution is 2.30. The monoisotopic (exact) mass is 565 g/mol. The van der Waals surface area contributed by atoms with Crippen molar-refractivity contribution in [1.82, 2.24) is 29.3 Å². The fourth-order valence-electron chi connectivity index (χ4n) is 5.32. The van der Waals surface area contributed by atoms with Crippen LogP contribution >= 0.6 is 36.6 Å². The van der Waals surface area contributed by atoms with Crippen molar-refractivity contribution >= 4 is 59.5 Å². The Bertz CT molecular complexity index is 1420. The molecule has 1 fully saturated rings. The Balaban J connectivity index is 0.00000160. The molecule has 1 atom stereocenters. The number of amides is 1. The smallest absolute Gasteiger partial charge is 0.270 e. The molecule has 1 saturated heterocycles. The molecule has 3 aliphatic rings. The van der Waals surface area contributed by atoms with Crippen molar-refractivity contribution in [2.75, 3.05) is 30.7 Å². The summed E-state index contributed by atoms with van der Waals surface area (Å²) in [6.45, 7) is 3.96. The summed E-state index contributed by atoms with van der Waals surface area (Å²) in [7, 11) is 0. The molecule has 6 rings (SSSR count). The van der Waals surface area contributed by atoms with Crippen molar-refractivity contribution < 1.29 is 4.79 Å². The van der Waals surface area contributed by atoms with Crippen LogP contribution in [0.5, 0.6) is 0 Å². The van der Waals surface area contributed by atoms with Crippen LogP contribution in [0.15, 0.2) is 44.9 Å². The molecule has 2 N–H and O–H groups in total. The van der Waals surface area contributed by atoms with Crippen molar-refractivity contribution in [3.05, 3.63) is 56.9 Å². The molecule has 3 aromatic heterocycles. The third-order valence-corrected chi connectivity index (χ3v) is 8.17. The quantitative estimate of drug-likeness (QED) is 0.483. The zero-order valence-electron chi connectivity index (χ0n) is 20.1. The number of nitrogens with zero attached hydrogens (tertiary/aromatic N) is 5. The molecular formula is C24H29Cl2N7O3S. The second kappa shape index (κ2) is 11.5. The van der Waals surface area contributed by atoms with Crippen LogP contribution in [0.25, 0.3) is 11.2 Å². The van der Waals surface area contributed by atoms with Gasteiger partial charge in [-0.15, -0.1) is 36.6 Å². The van der Waals surface area contributed by atoms with Crippen LogP contribution in [0.4, 0.5) is 5.82 Å². The number of pyridine rings is 2. The van der Waals surface area contributed by atoms with Crippen LogP contribution in [0, 0.1) is 0 Å². The van der Waals surface area contributed by atoms with Crippen LogP contribution in [0.1, 0.15) is 31.0 Å². The molecule has 0 aromatic carbocycles. The van der Waals surface area contributed by atoms with Gasteiger partial charge in [0.05, 0.1) is 28.6 Å². The van der Waals surface area contributed by atoms with Crippen molar-refractivity contribution in [2.24, 2.45) is 0 Å². The zero-order chi connectivity index (χ0) is 23.9. The number of hydrogen-bond acceptors (Lipinski definition) is 8. The third-order valence-electron chi connectivity index (χ3n) is 7.13. The van der Waals surface area contributed by atoms with E-state index in [4.69, 9.17) is 0 Å². The highest BCUT2D eigenvalue weighted by molar-refractivity contribution is 8.00. The normalized spacial score (nSPS) is 19.5. The van der Waals surface area contributed by atoms with Gasteiger partial charge in [0.25, 0.3) is 11.1 Å². The maximum Gasteiger partial charge on any atom is 0.270 e. The summed E-state index contributed by atoms with van der Waals surface area (Å²) >= 11 is 1.52. The summed E-state index contributed by atoms with van der Waals surface area (Å²) in [4.78, 5) is 49.0. The lowest BCUT2D eigenvalue weighted by molar-refractivity contribution is -0.113. The van der Waals surface area contributed by atoms with Crippen molar-refractivity contribution in [3.8, 4) is 0 Å². The number of likely N-dealkylation sites (tertiary alicyclic amines) is 1. The number of nitrogens with one attached hydrogen (secondary N) is 2. The first kappa shape index (κ1) is 27.6. The number of fused-ring (bicyclic) bond motifs is 1. The van der Waals surface area contributed by atoms with Crippen LogP contribution in [0.2, 0.25) is 0 Å². The first-order valence-electron chi connectivity index (χ1n) is 12.0. The number of aryl methyl sites for hydroxylation is 1. The van der Waals surface area contributed by atoms with Crippen molar-refractivity contribution in [3.63, 3.8) is 0 Å². The standard InChI is InChI=1S/C24H27N7O3S.2ClH/c32-20-14-35-19-3-1-16(27-23(19)28-20)11-25-15-5-8-29(9-6-15)13-17-7-10-30-22(34)12-26-18-2-4-21(33)31(17)24(18)30;;/h1-4,12,15,17,25H,5-11,13-14H2,(H,27,28,32);2*1H. The van der Waals surface area contributed by atoms with E-state index in [9.17, 15) is 14.4 Å². The molecule has 1 unspecified atom stereocenters. The first-order chi connectivity index (χ1) is 17.0. The van der Waals surface area contributed by atoms with E-state index in [2.05, 4.69) is 25.5 Å². The number of thioether (sulfide) groups is 1. The van der Waals surface area contributed by atoms with E-state index in [1.165, 1.54) is 18.0 Å². The summed E-state index contributed by atoms with van der Waals surface area (Å²) in [5, 5.41) is 6.47. The maximum atomic E-state index is 12.8. The molecule has 1 amide bonds. The molecule has 13 heteroatoms. The van der Waals surface area contributed by atoms with Gasteiger partial charge in [0.1, 0.15) is 17.0 Å². The molecule has 0 saturated carbocycles. The highest BCUT2D eigenvalue weighted by atomic mass is 35.5. The minimum Gasteiger partial charge on any atom is -0.309 e. The Morgan fingerprint density at radius 1 is 1.00 bits per heavy atom. The fraction of sp³-hybridized carbons (Fsp3) is 0.458. The minimum atomic E-state index is -0.156. The first-order valence-corrected chi connectivity index (χ1v) is 13.0. The van der Waals surface area contributed by atoms with Gasteiger partial charge in [-0.1, -0.05) is 0 Å². The summed E-state index contributed by atoms with van der Waals surface area (Å²) < 4.78 is 3.45. The van der Waals surface area contributed by atoms with E-state index in [-0.39, 0.29) is 47.9 Å². The average Bonchev–Trinajstić information content (AvgIpc) is 2.87. The number of aromatic nitrogens is 4. The predicted octanol–water partition coefficient (Wildman–Crippen LogP) is 2.04. The van der Waals surface area contributed by atoms with Gasteiger partial charge < -0.3 is 15.5 Å². The molecule has 0 aliphatic carbocycles. The van der Waals surface area contributed by atoms with Gasteiger partial charge in [0.15, 0.2) is 0 Å². The lowest BCUT2D eigenvalue weighted by Gasteiger charge is -2.36. The van der Waals surface area contributed by atoms with E-state index in [0.717, 1.165) is 49.5 Å². The van der Waals surface area contributed by atoms with Gasteiger partial charge >= 0.3 is 0 Å². The molecule has 0 spiro atoms. The van der Waals surface area contributed by atoms with E-state index >= 15 is 0 Å². The molecule has 198 valence electrons. The third kappa shape index (κ3) is 5.56. The second-order valence-electron chi connectivity index (χ2n) is 9.38. The van der Waals surface area contributed by atoms with Crippen LogP contribution in [-0.4, -0.2) is 61.3 Å². The van der Waals surface area contributed by atoms with Crippen LogP contribution in [0.3, 0.4) is 0 Å². The Morgan fingerprint density at radius 2 is 1.81 bits per heavy atom. The lowest BCUT2D eigenvalue weighted by atomic mass is 10.0. The molecule has 10 nitrogen and oxygen atoms in total. The number of carbonyl (C=O) groups excluding carboxylic acids is 1. The summed E-state index contributed by atoms with van der Waals surface area (Å²) in [5.74, 6) is 1.10. The maximum absolute atomic E-state index is 12.8. The van der Waals surface area contributed by atoms with E-state index in [0.29, 0.717) is 41.9 Å². The SMILES string of the molecule is Cl.Cl.O=C1CSc2ccc(CNC3CCN(CC4CCn5c(=O)cnc6ccc(=O)n4c65)CC3)nc2N1. The van der Waals surface area contributed by atoms with Gasteiger partial charge in [0.2, 0.25) is 5.91 Å². The molecule has 0 bridgehead atoms. The van der Waals surface area contributed by atoms with Crippen molar-refractivity contribution in [1.29, 1.82) is 0 Å².